The molecular formula is C25H23F3N2O5S. The maximum atomic E-state index is 15.0. The van der Waals surface area contributed by atoms with Gasteiger partial charge in [0, 0.05) is 40.3 Å². The highest BCUT2D eigenvalue weighted by Gasteiger charge is 2.19. The van der Waals surface area contributed by atoms with Gasteiger partial charge in [-0.1, -0.05) is 26.0 Å². The summed E-state index contributed by atoms with van der Waals surface area (Å²) in [6.07, 6.45) is 0.679. The second kappa shape index (κ2) is 11.8. The number of thiazole rings is 1. The molecule has 7 nitrogen and oxygen atoms in total. The fourth-order valence-corrected chi connectivity index (χ4v) is 3.82. The molecule has 0 radical (unpaired) electrons. The Morgan fingerprint density at radius 2 is 1.89 bits per heavy atom. The van der Waals surface area contributed by atoms with Gasteiger partial charge in [0.25, 0.3) is 5.91 Å². The smallest absolute Gasteiger partial charge is 0.371 e. The normalized spacial score (nSPS) is 11.6. The van der Waals surface area contributed by atoms with Crippen molar-refractivity contribution in [1.82, 2.24) is 4.98 Å². The molecule has 0 aliphatic carbocycles. The molecule has 1 amide bonds. The zero-order chi connectivity index (χ0) is 26.4. The van der Waals surface area contributed by atoms with E-state index in [0.717, 1.165) is 30.6 Å². The molecule has 0 saturated carbocycles. The summed E-state index contributed by atoms with van der Waals surface area (Å²) < 4.78 is 53.9. The third-order valence-corrected chi connectivity index (χ3v) is 5.59. The van der Waals surface area contributed by atoms with Gasteiger partial charge in [-0.3, -0.25) is 10.1 Å². The van der Waals surface area contributed by atoms with Crippen LogP contribution in [0.2, 0.25) is 0 Å². The molecule has 36 heavy (non-hydrogen) atoms. The summed E-state index contributed by atoms with van der Waals surface area (Å²) in [5.41, 5.74) is -0.166. The Morgan fingerprint density at radius 3 is 2.50 bits per heavy atom. The van der Waals surface area contributed by atoms with Crippen molar-refractivity contribution in [3.63, 3.8) is 0 Å². The number of amides is 1. The number of hydrogen-bond donors (Lipinski definition) is 2. The van der Waals surface area contributed by atoms with Crippen molar-refractivity contribution >= 4 is 34.4 Å². The van der Waals surface area contributed by atoms with Gasteiger partial charge >= 0.3 is 5.97 Å². The number of anilines is 1. The second-order valence-corrected chi connectivity index (χ2v) is 8.91. The van der Waals surface area contributed by atoms with Gasteiger partial charge in [0.1, 0.15) is 17.5 Å². The van der Waals surface area contributed by atoms with Gasteiger partial charge in [0.15, 0.2) is 5.13 Å². The number of benzene rings is 2. The van der Waals surface area contributed by atoms with Crippen LogP contribution in [0.5, 0.6) is 0 Å². The number of halogens is 3. The Kier molecular flexibility index (Phi) is 8.83. The zero-order valence-electron chi connectivity index (χ0n) is 19.6. The molecule has 1 aromatic heterocycles. The highest BCUT2D eigenvalue weighted by Crippen LogP contribution is 2.29. The van der Waals surface area contributed by atoms with Gasteiger partial charge in [0.2, 0.25) is 5.76 Å². The minimum atomic E-state index is -1.51. The maximum absolute atomic E-state index is 15.0. The quantitative estimate of drug-likeness (QED) is 0.262. The molecule has 0 atom stereocenters. The van der Waals surface area contributed by atoms with E-state index in [1.807, 2.05) is 13.8 Å². The molecular weight excluding hydrogens is 497 g/mol. The lowest BCUT2D eigenvalue weighted by Crippen LogP contribution is -2.13. The van der Waals surface area contributed by atoms with Gasteiger partial charge in [-0.25, -0.2) is 22.9 Å². The number of carboxylic acid groups (broad SMARTS) is 1. The number of hydrogen-bond acceptors (Lipinski definition) is 6. The summed E-state index contributed by atoms with van der Waals surface area (Å²) in [7, 11) is 1.04. The first kappa shape index (κ1) is 26.9. The molecule has 0 fully saturated rings. The first-order chi connectivity index (χ1) is 17.1. The van der Waals surface area contributed by atoms with Crippen LogP contribution in [-0.2, 0) is 20.9 Å². The molecule has 0 aliphatic rings. The third-order valence-electron chi connectivity index (χ3n) is 4.84. The number of nitrogens with one attached hydrogen (secondary N) is 1. The largest absolute Gasteiger partial charge is 0.490 e. The molecule has 0 saturated heterocycles. The van der Waals surface area contributed by atoms with E-state index in [-0.39, 0.29) is 28.6 Å². The summed E-state index contributed by atoms with van der Waals surface area (Å²) in [6.45, 7) is 4.57. The van der Waals surface area contributed by atoms with E-state index in [1.165, 1.54) is 0 Å². The lowest BCUT2D eigenvalue weighted by Gasteiger charge is -2.09. The molecule has 2 aromatic carbocycles. The van der Waals surface area contributed by atoms with Crippen LogP contribution in [0.25, 0.3) is 17.3 Å². The predicted molar refractivity (Wildman–Crippen MR) is 129 cm³/mol. The summed E-state index contributed by atoms with van der Waals surface area (Å²) in [4.78, 5) is 27.8. The van der Waals surface area contributed by atoms with E-state index in [4.69, 9.17) is 9.84 Å². The molecule has 3 rings (SSSR count). The van der Waals surface area contributed by atoms with E-state index < -0.39 is 40.7 Å². The van der Waals surface area contributed by atoms with Gasteiger partial charge < -0.3 is 14.6 Å². The van der Waals surface area contributed by atoms with Crippen molar-refractivity contribution in [2.24, 2.45) is 5.92 Å². The number of aromatic nitrogens is 1. The van der Waals surface area contributed by atoms with E-state index in [2.05, 4.69) is 15.0 Å². The number of carbonyl (C=O) groups excluding carboxylic acids is 1. The Balaban J connectivity index is 1.78. The molecule has 3 aromatic rings. The molecule has 0 bridgehead atoms. The molecule has 2 N–H and O–H groups in total. The molecule has 0 unspecified atom stereocenters. The minimum absolute atomic E-state index is 0.0909. The Hall–Kier alpha value is -3.70. The molecule has 11 heteroatoms. The fraction of sp³-hybridized carbons (Fsp3) is 0.240. The van der Waals surface area contributed by atoms with E-state index in [9.17, 15) is 22.8 Å². The summed E-state index contributed by atoms with van der Waals surface area (Å²) in [5, 5.41) is 13.0. The average molecular weight is 521 g/mol. The zero-order valence-corrected chi connectivity index (χ0v) is 20.4. The van der Waals surface area contributed by atoms with Crippen molar-refractivity contribution in [3.05, 3.63) is 75.6 Å². The maximum Gasteiger partial charge on any atom is 0.371 e. The minimum Gasteiger partial charge on any atom is -0.490 e. The third kappa shape index (κ3) is 6.49. The van der Waals surface area contributed by atoms with Crippen molar-refractivity contribution in [2.75, 3.05) is 19.0 Å². The van der Waals surface area contributed by atoms with Gasteiger partial charge in [-0.05, 0) is 24.1 Å². The number of aliphatic carboxylic acids is 1. The summed E-state index contributed by atoms with van der Waals surface area (Å²) >= 11 is 1.01. The van der Waals surface area contributed by atoms with Gasteiger partial charge in [0.05, 0.1) is 19.4 Å². The van der Waals surface area contributed by atoms with Gasteiger partial charge in [-0.2, -0.15) is 0 Å². The van der Waals surface area contributed by atoms with Crippen LogP contribution in [0.4, 0.5) is 18.3 Å². The van der Waals surface area contributed by atoms with Crippen LogP contribution in [0, 0.1) is 23.4 Å². The predicted octanol–water partition coefficient (Wildman–Crippen LogP) is 5.72. The fourth-order valence-electron chi connectivity index (χ4n) is 3.11. The van der Waals surface area contributed by atoms with E-state index >= 15 is 0 Å². The van der Waals surface area contributed by atoms with Crippen LogP contribution in [0.1, 0.15) is 35.3 Å². The monoisotopic (exact) mass is 520 g/mol. The van der Waals surface area contributed by atoms with E-state index in [1.54, 1.807) is 23.6 Å². The topological polar surface area (TPSA) is 97.8 Å². The SMILES string of the molecule is COC(=Cc1c(F)cc(C(=O)Nc2nc(-c3cccc(COCC(C)C)c3F)cs2)cc1F)C(=O)O. The first-order valence-corrected chi connectivity index (χ1v) is 11.6. The summed E-state index contributed by atoms with van der Waals surface area (Å²) in [5.74, 6) is -5.54. The van der Waals surface area contributed by atoms with Crippen LogP contribution in [-0.4, -0.2) is 35.7 Å². The number of carbonyl (C=O) groups is 2. The van der Waals surface area contributed by atoms with Crippen molar-refractivity contribution in [2.45, 2.75) is 20.5 Å². The molecule has 0 spiro atoms. The summed E-state index contributed by atoms with van der Waals surface area (Å²) in [6, 6.07) is 6.35. The number of methoxy groups -OCH3 is 1. The Morgan fingerprint density at radius 1 is 1.19 bits per heavy atom. The first-order valence-electron chi connectivity index (χ1n) is 10.7. The standard InChI is InChI=1S/C25H23F3N2O5S/c1-13(2)10-35-11-14-5-4-6-16(22(14)28)20-12-36-25(29-20)30-23(31)15-7-18(26)17(19(27)8-15)9-21(34-3)24(32)33/h4-9,12-13H,10-11H2,1-3H3,(H,32,33)(H,29,30,31). The number of carboxylic acids is 1. The lowest BCUT2D eigenvalue weighted by atomic mass is 10.1. The Bertz CT molecular complexity index is 1280. The highest BCUT2D eigenvalue weighted by atomic mass is 32.1. The van der Waals surface area contributed by atoms with Crippen LogP contribution < -0.4 is 5.32 Å². The lowest BCUT2D eigenvalue weighted by molar-refractivity contribution is -0.135. The van der Waals surface area contributed by atoms with Crippen LogP contribution in [0.15, 0.2) is 41.5 Å². The van der Waals surface area contributed by atoms with Crippen molar-refractivity contribution in [1.29, 1.82) is 0 Å². The van der Waals surface area contributed by atoms with Crippen LogP contribution in [0.3, 0.4) is 0 Å². The Labute approximate surface area is 209 Å². The number of nitrogens with zero attached hydrogens (tertiary/aromatic N) is 1. The average Bonchev–Trinajstić information content (AvgIpc) is 3.27. The second-order valence-electron chi connectivity index (χ2n) is 8.05. The number of rotatable bonds is 10. The van der Waals surface area contributed by atoms with Crippen molar-refractivity contribution in [3.8, 4) is 11.3 Å². The molecule has 190 valence electrons. The highest BCUT2D eigenvalue weighted by molar-refractivity contribution is 7.14. The molecule has 1 heterocycles. The van der Waals surface area contributed by atoms with Gasteiger partial charge in [-0.15, -0.1) is 11.3 Å². The van der Waals surface area contributed by atoms with E-state index in [0.29, 0.717) is 24.2 Å². The van der Waals surface area contributed by atoms with Crippen LogP contribution >= 0.6 is 11.3 Å². The van der Waals surface area contributed by atoms with Crippen molar-refractivity contribution < 1.29 is 37.3 Å². The number of ether oxygens (including phenoxy) is 2. The molecule has 0 aliphatic heterocycles.